The van der Waals surface area contributed by atoms with Crippen molar-refractivity contribution in [3.8, 4) is 0 Å². The highest BCUT2D eigenvalue weighted by Gasteiger charge is 2.34. The monoisotopic (exact) mass is 473 g/mol. The van der Waals surface area contributed by atoms with Crippen molar-refractivity contribution in [3.63, 3.8) is 0 Å². The molecule has 4 rings (SSSR count). The second-order valence-electron chi connectivity index (χ2n) is 7.97. The molecular formula is C27H24FN3O2S. The highest BCUT2D eigenvalue weighted by atomic mass is 32.2. The lowest BCUT2D eigenvalue weighted by Crippen LogP contribution is -2.33. The summed E-state index contributed by atoms with van der Waals surface area (Å²) in [6, 6.07) is 20.9. The summed E-state index contributed by atoms with van der Waals surface area (Å²) in [6.45, 7) is 5.65. The fourth-order valence-corrected chi connectivity index (χ4v) is 4.48. The molecule has 1 unspecified atom stereocenters. The van der Waals surface area contributed by atoms with Crippen LogP contribution in [0.2, 0.25) is 0 Å². The molecule has 0 bridgehead atoms. The number of amidine groups is 1. The van der Waals surface area contributed by atoms with E-state index in [4.69, 9.17) is 0 Å². The molecule has 3 aromatic rings. The number of aryl methyl sites for hydroxylation is 2. The maximum atomic E-state index is 13.5. The van der Waals surface area contributed by atoms with Crippen molar-refractivity contribution in [2.24, 2.45) is 4.99 Å². The number of carbonyl (C=O) groups is 2. The number of nitrogens with one attached hydrogen (secondary N) is 1. The molecule has 5 nitrogen and oxygen atoms in total. The molecule has 0 fully saturated rings. The van der Waals surface area contributed by atoms with E-state index in [1.54, 1.807) is 13.0 Å². The Bertz CT molecular complexity index is 1270. The van der Waals surface area contributed by atoms with Gasteiger partial charge >= 0.3 is 0 Å². The minimum atomic E-state index is -0.537. The van der Waals surface area contributed by atoms with Crippen molar-refractivity contribution in [1.82, 2.24) is 0 Å². The zero-order chi connectivity index (χ0) is 24.2. The topological polar surface area (TPSA) is 61.8 Å². The molecule has 2 amide bonds. The Labute approximate surface area is 202 Å². The molecule has 0 radical (unpaired) electrons. The van der Waals surface area contributed by atoms with Gasteiger partial charge in [0, 0.05) is 5.69 Å². The van der Waals surface area contributed by atoms with Crippen molar-refractivity contribution >= 4 is 46.2 Å². The Morgan fingerprint density at radius 2 is 1.65 bits per heavy atom. The first-order valence-electron chi connectivity index (χ1n) is 10.8. The Morgan fingerprint density at radius 1 is 1.00 bits per heavy atom. The molecular weight excluding hydrogens is 449 g/mol. The van der Waals surface area contributed by atoms with Gasteiger partial charge in [0.05, 0.1) is 10.9 Å². The molecule has 1 aliphatic rings. The van der Waals surface area contributed by atoms with Gasteiger partial charge in [0.25, 0.3) is 5.91 Å². The fourth-order valence-electron chi connectivity index (χ4n) is 3.55. The van der Waals surface area contributed by atoms with Crippen molar-refractivity contribution in [2.45, 2.75) is 26.0 Å². The van der Waals surface area contributed by atoms with E-state index in [2.05, 4.69) is 10.3 Å². The average Bonchev–Trinajstić information content (AvgIpc) is 3.12. The van der Waals surface area contributed by atoms with E-state index in [1.807, 2.05) is 62.4 Å². The number of para-hydroxylation sites is 1. The van der Waals surface area contributed by atoms with Crippen molar-refractivity contribution in [2.75, 3.05) is 10.2 Å². The first-order chi connectivity index (χ1) is 16.3. The molecule has 1 aliphatic heterocycles. The van der Waals surface area contributed by atoms with E-state index in [9.17, 15) is 14.0 Å². The number of carbonyl (C=O) groups excluding carboxylic acids is 2. The van der Waals surface area contributed by atoms with Crippen LogP contribution in [-0.2, 0) is 9.59 Å². The SMILES string of the molecule is Cc1cccc(C)c1NC(=O)C(C)SC1=N/C(=C\c2ccccc2)C(=O)N1c1ccc(F)cc1. The van der Waals surface area contributed by atoms with Crippen molar-refractivity contribution in [1.29, 1.82) is 0 Å². The molecule has 172 valence electrons. The number of benzene rings is 3. The van der Waals surface area contributed by atoms with Gasteiger partial charge in [-0.1, -0.05) is 60.3 Å². The van der Waals surface area contributed by atoms with E-state index >= 15 is 0 Å². The van der Waals surface area contributed by atoms with Gasteiger partial charge in [-0.2, -0.15) is 0 Å². The highest BCUT2D eigenvalue weighted by Crippen LogP contribution is 2.32. The smallest absolute Gasteiger partial charge is 0.283 e. The summed E-state index contributed by atoms with van der Waals surface area (Å²) in [7, 11) is 0. The molecule has 7 heteroatoms. The molecule has 0 saturated heterocycles. The number of rotatable bonds is 5. The van der Waals surface area contributed by atoms with Gasteiger partial charge in [0.15, 0.2) is 5.17 Å². The molecule has 34 heavy (non-hydrogen) atoms. The standard InChI is InChI=1S/C27H24FN3O2S/c1-17-8-7-9-18(2)24(17)30-25(32)19(3)34-27-29-23(16-20-10-5-4-6-11-20)26(33)31(27)22-14-12-21(28)13-15-22/h4-16,19H,1-3H3,(H,30,32)/b23-16-. The summed E-state index contributed by atoms with van der Waals surface area (Å²) in [6.07, 6.45) is 1.70. The Morgan fingerprint density at radius 3 is 2.29 bits per heavy atom. The van der Waals surface area contributed by atoms with E-state index in [0.717, 1.165) is 22.4 Å². The van der Waals surface area contributed by atoms with Crippen LogP contribution in [0.3, 0.4) is 0 Å². The number of hydrogen-bond donors (Lipinski definition) is 1. The maximum Gasteiger partial charge on any atom is 0.283 e. The van der Waals surface area contributed by atoms with Crippen LogP contribution in [0.5, 0.6) is 0 Å². The van der Waals surface area contributed by atoms with Gasteiger partial charge in [0.1, 0.15) is 11.5 Å². The van der Waals surface area contributed by atoms with E-state index < -0.39 is 11.1 Å². The lowest BCUT2D eigenvalue weighted by Gasteiger charge is -2.20. The summed E-state index contributed by atoms with van der Waals surface area (Å²) in [5.41, 5.74) is 4.29. The van der Waals surface area contributed by atoms with Crippen LogP contribution < -0.4 is 10.2 Å². The van der Waals surface area contributed by atoms with Gasteiger partial charge in [-0.3, -0.25) is 14.5 Å². The van der Waals surface area contributed by atoms with Gasteiger partial charge in [-0.25, -0.2) is 9.38 Å². The van der Waals surface area contributed by atoms with Crippen LogP contribution in [0, 0.1) is 19.7 Å². The van der Waals surface area contributed by atoms with E-state index in [0.29, 0.717) is 10.9 Å². The first kappa shape index (κ1) is 23.4. The van der Waals surface area contributed by atoms with Crippen molar-refractivity contribution in [3.05, 3.63) is 101 Å². The second-order valence-corrected chi connectivity index (χ2v) is 9.28. The van der Waals surface area contributed by atoms with Crippen LogP contribution in [0.15, 0.2) is 83.5 Å². The average molecular weight is 474 g/mol. The van der Waals surface area contributed by atoms with Gasteiger partial charge in [-0.05, 0) is 67.8 Å². The molecule has 1 atom stereocenters. The predicted molar refractivity (Wildman–Crippen MR) is 137 cm³/mol. The Balaban J connectivity index is 1.62. The van der Waals surface area contributed by atoms with Crippen LogP contribution in [-0.4, -0.2) is 22.2 Å². The lowest BCUT2D eigenvalue weighted by molar-refractivity contribution is -0.115. The summed E-state index contributed by atoms with van der Waals surface area (Å²) < 4.78 is 13.5. The Kier molecular flexibility index (Phi) is 6.93. The molecule has 0 aromatic heterocycles. The second kappa shape index (κ2) is 10.1. The normalized spacial score (nSPS) is 15.4. The minimum Gasteiger partial charge on any atom is -0.325 e. The summed E-state index contributed by atoms with van der Waals surface area (Å²) >= 11 is 1.18. The Hall–Kier alpha value is -3.71. The molecule has 0 aliphatic carbocycles. The molecule has 1 N–H and O–H groups in total. The summed E-state index contributed by atoms with van der Waals surface area (Å²) in [4.78, 5) is 32.2. The molecule has 1 heterocycles. The zero-order valence-corrected chi connectivity index (χ0v) is 19.9. The number of hydrogen-bond acceptors (Lipinski definition) is 4. The van der Waals surface area contributed by atoms with Crippen LogP contribution in [0.25, 0.3) is 6.08 Å². The van der Waals surface area contributed by atoms with Crippen LogP contribution >= 0.6 is 11.8 Å². The predicted octanol–water partition coefficient (Wildman–Crippen LogP) is 5.95. The largest absolute Gasteiger partial charge is 0.325 e. The fraction of sp³-hybridized carbons (Fsp3) is 0.148. The lowest BCUT2D eigenvalue weighted by atomic mass is 10.1. The zero-order valence-electron chi connectivity index (χ0n) is 19.1. The number of aliphatic imine (C=N–C) groups is 1. The minimum absolute atomic E-state index is 0.197. The van der Waals surface area contributed by atoms with Crippen LogP contribution in [0.1, 0.15) is 23.6 Å². The van der Waals surface area contributed by atoms with Gasteiger partial charge in [0.2, 0.25) is 5.91 Å². The van der Waals surface area contributed by atoms with E-state index in [-0.39, 0.29) is 17.5 Å². The molecule has 0 spiro atoms. The summed E-state index contributed by atoms with van der Waals surface area (Å²) in [5.74, 6) is -0.930. The number of thioether (sulfide) groups is 1. The van der Waals surface area contributed by atoms with Crippen LogP contribution in [0.4, 0.5) is 15.8 Å². The summed E-state index contributed by atoms with van der Waals surface area (Å²) in [5, 5.41) is 2.82. The maximum absolute atomic E-state index is 13.5. The third-order valence-corrected chi connectivity index (χ3v) is 6.45. The van der Waals surface area contributed by atoms with E-state index in [1.165, 1.54) is 40.9 Å². The molecule has 0 saturated carbocycles. The number of nitrogens with zero attached hydrogens (tertiary/aromatic N) is 2. The number of amides is 2. The highest BCUT2D eigenvalue weighted by molar-refractivity contribution is 8.15. The third-order valence-electron chi connectivity index (χ3n) is 5.40. The number of halogens is 1. The van der Waals surface area contributed by atoms with Gasteiger partial charge < -0.3 is 5.32 Å². The third kappa shape index (κ3) is 5.10. The number of anilines is 2. The quantitative estimate of drug-likeness (QED) is 0.466. The molecule has 3 aromatic carbocycles. The van der Waals surface area contributed by atoms with Gasteiger partial charge in [-0.15, -0.1) is 0 Å². The van der Waals surface area contributed by atoms with Crippen molar-refractivity contribution < 1.29 is 14.0 Å². The first-order valence-corrected chi connectivity index (χ1v) is 11.7.